The number of benzene rings is 3. The minimum atomic E-state index is -0.188. The van der Waals surface area contributed by atoms with Crippen LogP contribution in [0.25, 0.3) is 0 Å². The lowest BCUT2D eigenvalue weighted by molar-refractivity contribution is 0.0487. The van der Waals surface area contributed by atoms with Crippen LogP contribution in [0.4, 0.5) is 5.69 Å². The molecule has 0 radical (unpaired) electrons. The predicted molar refractivity (Wildman–Crippen MR) is 126 cm³/mol. The summed E-state index contributed by atoms with van der Waals surface area (Å²) < 4.78 is 5.56. The van der Waals surface area contributed by atoms with Crippen LogP contribution >= 0.6 is 11.6 Å². The second kappa shape index (κ2) is 9.98. The summed E-state index contributed by atoms with van der Waals surface area (Å²) in [6.45, 7) is 1.84. The molecule has 1 saturated heterocycles. The van der Waals surface area contributed by atoms with Gasteiger partial charge in [0, 0.05) is 47.0 Å². The maximum absolute atomic E-state index is 12.8. The van der Waals surface area contributed by atoms with Crippen LogP contribution in [-0.4, -0.2) is 31.6 Å². The van der Waals surface area contributed by atoms with E-state index >= 15 is 0 Å². The Labute approximate surface area is 192 Å². The van der Waals surface area contributed by atoms with Crippen molar-refractivity contribution in [1.29, 1.82) is 0 Å². The summed E-state index contributed by atoms with van der Waals surface area (Å²) in [7, 11) is 0. The largest absolute Gasteiger partial charge is 0.381 e. The second-order valence-corrected chi connectivity index (χ2v) is 8.42. The monoisotopic (exact) mass is 448 g/mol. The lowest BCUT2D eigenvalue weighted by atomic mass is 9.74. The summed E-state index contributed by atoms with van der Waals surface area (Å²) in [4.78, 5) is 25.1. The summed E-state index contributed by atoms with van der Waals surface area (Å²) in [6.07, 6.45) is 1.67. The van der Waals surface area contributed by atoms with Gasteiger partial charge in [0.05, 0.1) is 0 Å². The zero-order chi connectivity index (χ0) is 22.4. The van der Waals surface area contributed by atoms with Crippen LogP contribution in [0, 0.1) is 0 Å². The molecule has 0 spiro atoms. The molecule has 32 heavy (non-hydrogen) atoms. The molecule has 0 aliphatic carbocycles. The summed E-state index contributed by atoms with van der Waals surface area (Å²) in [5.41, 5.74) is 2.74. The zero-order valence-corrected chi connectivity index (χ0v) is 18.4. The lowest BCUT2D eigenvalue weighted by Crippen LogP contribution is -2.44. The Morgan fingerprint density at radius 2 is 1.44 bits per heavy atom. The molecule has 0 unspecified atom stereocenters. The van der Waals surface area contributed by atoms with E-state index in [9.17, 15) is 9.59 Å². The number of amides is 2. The summed E-state index contributed by atoms with van der Waals surface area (Å²) in [5.74, 6) is -0.335. The Balaban J connectivity index is 1.40. The van der Waals surface area contributed by atoms with Crippen LogP contribution in [0.15, 0.2) is 78.9 Å². The van der Waals surface area contributed by atoms with Gasteiger partial charge in [-0.25, -0.2) is 0 Å². The van der Waals surface area contributed by atoms with Gasteiger partial charge in [-0.3, -0.25) is 9.59 Å². The fourth-order valence-electron chi connectivity index (χ4n) is 3.98. The fourth-order valence-corrected chi connectivity index (χ4v) is 4.11. The van der Waals surface area contributed by atoms with Crippen molar-refractivity contribution < 1.29 is 14.3 Å². The summed E-state index contributed by atoms with van der Waals surface area (Å²) >= 11 is 6.06. The van der Waals surface area contributed by atoms with Crippen molar-refractivity contribution in [3.05, 3.63) is 101 Å². The number of rotatable bonds is 6. The smallest absolute Gasteiger partial charge is 0.255 e. The highest BCUT2D eigenvalue weighted by Gasteiger charge is 2.34. The molecule has 2 N–H and O–H groups in total. The number of nitrogens with one attached hydrogen (secondary N) is 2. The molecule has 1 aliphatic rings. The van der Waals surface area contributed by atoms with E-state index in [4.69, 9.17) is 16.3 Å². The minimum Gasteiger partial charge on any atom is -0.381 e. The third-order valence-electron chi connectivity index (χ3n) is 5.93. The van der Waals surface area contributed by atoms with Crippen LogP contribution < -0.4 is 10.6 Å². The molecule has 164 valence electrons. The highest BCUT2D eigenvalue weighted by atomic mass is 35.5. The van der Waals surface area contributed by atoms with Crippen molar-refractivity contribution >= 4 is 29.1 Å². The lowest BCUT2D eigenvalue weighted by Gasteiger charge is -2.38. The van der Waals surface area contributed by atoms with Crippen LogP contribution in [0.5, 0.6) is 0 Å². The molecule has 1 aliphatic heterocycles. The van der Waals surface area contributed by atoms with Crippen molar-refractivity contribution in [3.8, 4) is 0 Å². The molecule has 2 amide bonds. The van der Waals surface area contributed by atoms with E-state index in [0.29, 0.717) is 41.6 Å². The van der Waals surface area contributed by atoms with E-state index in [-0.39, 0.29) is 17.2 Å². The maximum atomic E-state index is 12.8. The molecule has 1 heterocycles. The first-order valence-corrected chi connectivity index (χ1v) is 11.0. The Hall–Kier alpha value is -3.15. The van der Waals surface area contributed by atoms with E-state index in [1.807, 2.05) is 42.5 Å². The first-order valence-electron chi connectivity index (χ1n) is 10.6. The van der Waals surface area contributed by atoms with Crippen LogP contribution in [0.3, 0.4) is 0 Å². The predicted octanol–water partition coefficient (Wildman–Crippen LogP) is 5.07. The SMILES string of the molecule is O=C(NCC1(c2ccc(Cl)cc2)CCOCC1)c1ccc(NC(=O)c2ccccc2)cc1. The van der Waals surface area contributed by atoms with Gasteiger partial charge in [-0.15, -0.1) is 0 Å². The third kappa shape index (κ3) is 5.18. The Bertz CT molecular complexity index is 1060. The van der Waals surface area contributed by atoms with Gasteiger partial charge in [0.1, 0.15) is 0 Å². The Morgan fingerprint density at radius 3 is 2.09 bits per heavy atom. The number of carbonyl (C=O) groups is 2. The molecule has 0 bridgehead atoms. The summed E-state index contributed by atoms with van der Waals surface area (Å²) in [6, 6.07) is 23.7. The first-order chi connectivity index (χ1) is 15.6. The van der Waals surface area contributed by atoms with Gasteiger partial charge in [-0.2, -0.15) is 0 Å². The topological polar surface area (TPSA) is 67.4 Å². The highest BCUT2D eigenvalue weighted by Crippen LogP contribution is 2.35. The van der Waals surface area contributed by atoms with Gasteiger partial charge in [-0.1, -0.05) is 41.9 Å². The number of anilines is 1. The van der Waals surface area contributed by atoms with Crippen LogP contribution in [-0.2, 0) is 10.2 Å². The molecular weight excluding hydrogens is 424 g/mol. The van der Waals surface area contributed by atoms with E-state index in [1.54, 1.807) is 36.4 Å². The molecule has 5 nitrogen and oxygen atoms in total. The number of ether oxygens (including phenoxy) is 1. The number of halogens is 1. The quantitative estimate of drug-likeness (QED) is 0.553. The first kappa shape index (κ1) is 22.1. The Morgan fingerprint density at radius 1 is 0.812 bits per heavy atom. The van der Waals surface area contributed by atoms with Crippen molar-refractivity contribution in [1.82, 2.24) is 5.32 Å². The molecule has 1 fully saturated rings. The van der Waals surface area contributed by atoms with E-state index in [1.165, 1.54) is 0 Å². The maximum Gasteiger partial charge on any atom is 0.255 e. The average Bonchev–Trinajstić information content (AvgIpc) is 2.84. The van der Waals surface area contributed by atoms with Gasteiger partial charge in [0.2, 0.25) is 0 Å². The van der Waals surface area contributed by atoms with Crippen molar-refractivity contribution in [3.63, 3.8) is 0 Å². The van der Waals surface area contributed by atoms with E-state index in [2.05, 4.69) is 10.6 Å². The van der Waals surface area contributed by atoms with Crippen LogP contribution in [0.2, 0.25) is 5.02 Å². The molecule has 6 heteroatoms. The number of carbonyl (C=O) groups excluding carboxylic acids is 2. The van der Waals surface area contributed by atoms with Crippen molar-refractivity contribution in [2.75, 3.05) is 25.1 Å². The molecule has 0 aromatic heterocycles. The third-order valence-corrected chi connectivity index (χ3v) is 6.19. The molecule has 0 atom stereocenters. The van der Waals surface area contributed by atoms with Gasteiger partial charge >= 0.3 is 0 Å². The molecule has 0 saturated carbocycles. The van der Waals surface area contributed by atoms with Crippen LogP contribution in [0.1, 0.15) is 39.1 Å². The molecule has 3 aromatic carbocycles. The molecular formula is C26H25ClN2O3. The normalized spacial score (nSPS) is 15.0. The van der Waals surface area contributed by atoms with Crippen molar-refractivity contribution in [2.45, 2.75) is 18.3 Å². The van der Waals surface area contributed by atoms with Gasteiger partial charge in [-0.05, 0) is 66.9 Å². The number of hydrogen-bond donors (Lipinski definition) is 2. The average molecular weight is 449 g/mol. The van der Waals surface area contributed by atoms with Gasteiger partial charge < -0.3 is 15.4 Å². The van der Waals surface area contributed by atoms with E-state index < -0.39 is 0 Å². The fraction of sp³-hybridized carbons (Fsp3) is 0.231. The second-order valence-electron chi connectivity index (χ2n) is 7.98. The number of hydrogen-bond acceptors (Lipinski definition) is 3. The standard InChI is InChI=1S/C26H25ClN2O3/c27-22-10-8-21(9-11-22)26(14-16-32-17-15-26)18-28-24(30)20-6-12-23(13-7-20)29-25(31)19-4-2-1-3-5-19/h1-13H,14-18H2,(H,28,30)(H,29,31). The van der Waals surface area contributed by atoms with Gasteiger partial charge in [0.15, 0.2) is 0 Å². The zero-order valence-electron chi connectivity index (χ0n) is 17.6. The highest BCUT2D eigenvalue weighted by molar-refractivity contribution is 6.30. The molecule has 3 aromatic rings. The summed E-state index contributed by atoms with van der Waals surface area (Å²) in [5, 5.41) is 6.63. The minimum absolute atomic E-state index is 0.147. The molecule has 4 rings (SSSR count). The van der Waals surface area contributed by atoms with E-state index in [0.717, 1.165) is 18.4 Å². The Kier molecular flexibility index (Phi) is 6.88. The van der Waals surface area contributed by atoms with Crippen molar-refractivity contribution in [2.24, 2.45) is 0 Å². The van der Waals surface area contributed by atoms with Gasteiger partial charge in [0.25, 0.3) is 11.8 Å².